The van der Waals surface area contributed by atoms with E-state index in [1.54, 1.807) is 57.4 Å². The summed E-state index contributed by atoms with van der Waals surface area (Å²) in [7, 11) is 0. The standard InChI is InChI=1S/C60H110N22O11S/c1-7-35(4)46(81-52(88)40(21-12-14-27-62)75-49(85)38(63)20-11-13-26-61)56(92)78-43(25-31-94-6)51(87)76-42(24-17-30-73-60(69)70)53(89)82-47(36(5)83)57(93)80-45(33-37-18-9-8-10-19-37)55(91)79-44(32-34(2)3)54(90)77-41(23-16-29-72-59(67)68)50(86)74-39(48(64)84)22-15-28-71-58(65)66/h8-10,18-19,34-36,38-47,83H,7,11-17,20-33,61-63H2,1-6H3,(H2,64,84)(H,74,86)(H,75,85)(H,76,87)(H,77,90)(H,78,92)(H,79,91)(H,80,93)(H,81,88)(H,82,89)(H4,65,66,71)(H4,67,68,72)(H4,69,70,73)/t35-,36+,38-,39-,40-,41-,42-,43-,44-,45-,46-,47-/m0/s1. The van der Waals surface area contributed by atoms with Gasteiger partial charge in [-0.25, -0.2) is 0 Å². The molecular weight excluding hydrogens is 1240 g/mol. The third-order valence-corrected chi connectivity index (χ3v) is 15.6. The van der Waals surface area contributed by atoms with Crippen LogP contribution < -0.4 is 105 Å². The van der Waals surface area contributed by atoms with E-state index in [1.807, 2.05) is 6.92 Å². The topological polar surface area (TPSA) is 596 Å². The number of carbonyl (C=O) groups excluding carboxylic acids is 10. The molecule has 0 saturated heterocycles. The molecule has 1 aromatic rings. The number of thioether (sulfide) groups is 1. The van der Waals surface area contributed by atoms with Gasteiger partial charge in [0.1, 0.15) is 54.4 Å². The number of aliphatic hydroxyl groups is 1. The van der Waals surface area contributed by atoms with Gasteiger partial charge in [0.2, 0.25) is 59.1 Å². The number of hydrogen-bond acceptors (Lipinski definition) is 18. The quantitative estimate of drug-likeness (QED) is 0.0165. The summed E-state index contributed by atoms with van der Waals surface area (Å²) in [4.78, 5) is 152. The average Bonchev–Trinajstić information content (AvgIpc) is 0.876. The fraction of sp³-hybridized carbons (Fsp3) is 0.683. The number of aliphatic imine (C=N–C) groups is 3. The van der Waals surface area contributed by atoms with Crippen molar-refractivity contribution in [3.05, 3.63) is 35.9 Å². The Bertz CT molecular complexity index is 2610. The van der Waals surface area contributed by atoms with Gasteiger partial charge in [-0.15, -0.1) is 0 Å². The number of carbonyl (C=O) groups is 10. The molecule has 1 aromatic carbocycles. The molecule has 532 valence electrons. The maximum atomic E-state index is 14.6. The Morgan fingerprint density at radius 3 is 1.28 bits per heavy atom. The van der Waals surface area contributed by atoms with Gasteiger partial charge < -0.3 is 110 Å². The predicted octanol–water partition coefficient (Wildman–Crippen LogP) is -4.95. The van der Waals surface area contributed by atoms with Crippen molar-refractivity contribution in [1.29, 1.82) is 0 Å². The number of aliphatic hydroxyl groups excluding tert-OH is 1. The highest BCUT2D eigenvalue weighted by atomic mass is 32.2. The number of rotatable bonds is 49. The van der Waals surface area contributed by atoms with E-state index in [0.717, 1.165) is 0 Å². The second-order valence-electron chi connectivity index (χ2n) is 23.6. The number of primary amides is 1. The van der Waals surface area contributed by atoms with Crippen LogP contribution in [0, 0.1) is 11.8 Å². The molecule has 0 aliphatic rings. The Morgan fingerprint density at radius 2 is 0.830 bits per heavy atom. The molecule has 30 N–H and O–H groups in total. The van der Waals surface area contributed by atoms with Crippen molar-refractivity contribution < 1.29 is 53.1 Å². The first kappa shape index (κ1) is 83.9. The molecule has 1 rings (SSSR count). The molecule has 0 aliphatic carbocycles. The third-order valence-electron chi connectivity index (χ3n) is 15.0. The number of hydrogen-bond donors (Lipinski definition) is 20. The van der Waals surface area contributed by atoms with E-state index in [-0.39, 0.29) is 108 Å². The number of nitrogens with one attached hydrogen (secondary N) is 9. The van der Waals surface area contributed by atoms with E-state index >= 15 is 0 Å². The lowest BCUT2D eigenvalue weighted by molar-refractivity contribution is -0.137. The minimum atomic E-state index is -1.79. The smallest absolute Gasteiger partial charge is 0.245 e. The van der Waals surface area contributed by atoms with Crippen LogP contribution in [-0.2, 0) is 54.4 Å². The van der Waals surface area contributed by atoms with Crippen molar-refractivity contribution >= 4 is 88.7 Å². The van der Waals surface area contributed by atoms with Crippen molar-refractivity contribution in [2.45, 2.75) is 204 Å². The molecule has 94 heavy (non-hydrogen) atoms. The Morgan fingerprint density at radius 1 is 0.457 bits per heavy atom. The van der Waals surface area contributed by atoms with Gasteiger partial charge in [-0.2, -0.15) is 11.8 Å². The minimum Gasteiger partial charge on any atom is -0.391 e. The van der Waals surface area contributed by atoms with Crippen LogP contribution in [0.1, 0.15) is 136 Å². The van der Waals surface area contributed by atoms with Crippen LogP contribution >= 0.6 is 11.8 Å². The van der Waals surface area contributed by atoms with Crippen molar-refractivity contribution in [2.75, 3.05) is 44.7 Å². The summed E-state index contributed by atoms with van der Waals surface area (Å²) in [6.07, 6.45) is 3.63. The van der Waals surface area contributed by atoms with Gasteiger partial charge in [-0.3, -0.25) is 62.9 Å². The highest BCUT2D eigenvalue weighted by Crippen LogP contribution is 2.15. The second-order valence-corrected chi connectivity index (χ2v) is 24.5. The number of benzene rings is 1. The van der Waals surface area contributed by atoms with Crippen LogP contribution in [0.25, 0.3) is 0 Å². The summed E-state index contributed by atoms with van der Waals surface area (Å²) >= 11 is 1.37. The molecule has 0 bridgehead atoms. The molecule has 33 nitrogen and oxygen atoms in total. The number of unbranched alkanes of at least 4 members (excludes halogenated alkanes) is 2. The van der Waals surface area contributed by atoms with Gasteiger partial charge in [0.25, 0.3) is 0 Å². The molecule has 0 heterocycles. The first-order valence-electron chi connectivity index (χ1n) is 32.1. The zero-order valence-corrected chi connectivity index (χ0v) is 56.3. The van der Waals surface area contributed by atoms with Gasteiger partial charge >= 0.3 is 0 Å². The molecule has 10 amide bonds. The fourth-order valence-corrected chi connectivity index (χ4v) is 9.98. The molecule has 12 atom stereocenters. The van der Waals surface area contributed by atoms with Gasteiger partial charge in [0, 0.05) is 26.1 Å². The highest BCUT2D eigenvalue weighted by molar-refractivity contribution is 7.98. The Hall–Kier alpha value is -8.08. The number of nitrogens with two attached hydrogens (primary N) is 10. The summed E-state index contributed by atoms with van der Waals surface area (Å²) in [6, 6.07) is -4.61. The first-order chi connectivity index (χ1) is 44.5. The summed E-state index contributed by atoms with van der Waals surface area (Å²) in [5, 5.41) is 35.3. The maximum Gasteiger partial charge on any atom is 0.245 e. The average molecular weight is 1350 g/mol. The Labute approximate surface area is 556 Å². The van der Waals surface area contributed by atoms with E-state index in [0.29, 0.717) is 62.9 Å². The predicted molar refractivity (Wildman–Crippen MR) is 364 cm³/mol. The summed E-state index contributed by atoms with van der Waals surface area (Å²) < 4.78 is 0. The molecular formula is C60H110N22O11S. The molecule has 0 saturated carbocycles. The second kappa shape index (κ2) is 46.9. The largest absolute Gasteiger partial charge is 0.391 e. The van der Waals surface area contributed by atoms with Crippen LogP contribution in [0.5, 0.6) is 0 Å². The SMILES string of the molecule is CC[C@H](C)[C@H](NC(=O)[C@H](CCCCN)NC(=O)[C@@H](N)CCCCN)C(=O)N[C@@H](CCSC)C(=O)N[C@@H](CCCN=C(N)N)C(=O)N[C@H](C(=O)N[C@@H](Cc1ccccc1)C(=O)N[C@@H](CC(C)C)C(=O)N[C@@H](CCCN=C(N)N)C(=O)N[C@@H](CCCN=C(N)N)C(N)=O)[C@@H](C)O. The zero-order valence-electron chi connectivity index (χ0n) is 55.5. The highest BCUT2D eigenvalue weighted by Gasteiger charge is 2.38. The van der Waals surface area contributed by atoms with Crippen LogP contribution in [0.2, 0.25) is 0 Å². The molecule has 0 spiro atoms. The monoisotopic (exact) mass is 1350 g/mol. The van der Waals surface area contributed by atoms with E-state index in [4.69, 9.17) is 57.3 Å². The third kappa shape index (κ3) is 34.7. The van der Waals surface area contributed by atoms with E-state index in [1.165, 1.54) is 18.7 Å². The van der Waals surface area contributed by atoms with E-state index in [9.17, 15) is 53.1 Å². The van der Waals surface area contributed by atoms with Crippen molar-refractivity contribution in [2.24, 2.45) is 84.1 Å². The molecule has 0 aromatic heterocycles. The van der Waals surface area contributed by atoms with Crippen LogP contribution in [0.4, 0.5) is 0 Å². The van der Waals surface area contributed by atoms with Gasteiger partial charge in [0.05, 0.1) is 12.1 Å². The number of guanidine groups is 3. The molecule has 34 heteroatoms. The molecule has 0 aliphatic heterocycles. The van der Waals surface area contributed by atoms with Gasteiger partial charge in [-0.05, 0) is 133 Å². The maximum absolute atomic E-state index is 14.6. The number of nitrogens with zero attached hydrogens (tertiary/aromatic N) is 3. The van der Waals surface area contributed by atoms with Crippen molar-refractivity contribution in [3.8, 4) is 0 Å². The summed E-state index contributed by atoms with van der Waals surface area (Å²) in [6.45, 7) is 9.27. The Kier molecular flexibility index (Phi) is 41.9. The molecule has 0 fully saturated rings. The summed E-state index contributed by atoms with van der Waals surface area (Å²) in [5.74, 6) is -9.15. The zero-order chi connectivity index (χ0) is 70.9. The first-order valence-corrected chi connectivity index (χ1v) is 33.4. The number of amides is 10. The van der Waals surface area contributed by atoms with Crippen molar-refractivity contribution in [3.63, 3.8) is 0 Å². The van der Waals surface area contributed by atoms with Crippen LogP contribution in [0.3, 0.4) is 0 Å². The minimum absolute atomic E-state index is 0.00293. The lowest BCUT2D eigenvalue weighted by Crippen LogP contribution is -2.62. The van der Waals surface area contributed by atoms with E-state index in [2.05, 4.69) is 62.8 Å². The van der Waals surface area contributed by atoms with Crippen LogP contribution in [0.15, 0.2) is 45.3 Å². The Balaban J connectivity index is 3.71. The summed E-state index contributed by atoms with van der Waals surface area (Å²) in [5.41, 5.74) is 56.7. The fourth-order valence-electron chi connectivity index (χ4n) is 9.51. The van der Waals surface area contributed by atoms with Gasteiger partial charge in [-0.1, -0.05) is 70.9 Å². The normalized spacial score (nSPS) is 14.9. The van der Waals surface area contributed by atoms with Gasteiger partial charge in [0.15, 0.2) is 17.9 Å². The lowest BCUT2D eigenvalue weighted by Gasteiger charge is -2.30. The lowest BCUT2D eigenvalue weighted by atomic mass is 9.96. The molecule has 0 radical (unpaired) electrons. The van der Waals surface area contributed by atoms with Crippen molar-refractivity contribution in [1.82, 2.24) is 47.9 Å². The van der Waals surface area contributed by atoms with E-state index < -0.39 is 132 Å². The molecule has 0 unspecified atom stereocenters. The van der Waals surface area contributed by atoms with Crippen LogP contribution in [-0.4, -0.2) is 193 Å².